The molecule has 4 rings (SSSR count). The van der Waals surface area contributed by atoms with Crippen molar-refractivity contribution in [2.24, 2.45) is 0 Å². The lowest BCUT2D eigenvalue weighted by Gasteiger charge is -2.36. The van der Waals surface area contributed by atoms with E-state index in [1.807, 2.05) is 17.9 Å². The second-order valence-corrected chi connectivity index (χ2v) is 9.88. The predicted molar refractivity (Wildman–Crippen MR) is 123 cm³/mol. The average molecular weight is 461 g/mol. The summed E-state index contributed by atoms with van der Waals surface area (Å²) < 4.78 is 42.2. The first-order chi connectivity index (χ1) is 15.4. The molecule has 7 nitrogen and oxygen atoms in total. The van der Waals surface area contributed by atoms with Crippen molar-refractivity contribution in [2.45, 2.75) is 24.7 Å². The summed E-state index contributed by atoms with van der Waals surface area (Å²) in [6.07, 6.45) is 1.09. The van der Waals surface area contributed by atoms with Gasteiger partial charge in [-0.15, -0.1) is 0 Å². The number of carbonyl (C=O) groups is 1. The molecule has 1 saturated heterocycles. The molecule has 0 unspecified atom stereocenters. The van der Waals surface area contributed by atoms with Gasteiger partial charge < -0.3 is 9.80 Å². The number of benzene rings is 2. The molecule has 9 heteroatoms. The van der Waals surface area contributed by atoms with Gasteiger partial charge in [-0.05, 0) is 42.3 Å². The molecule has 0 radical (unpaired) electrons. The van der Waals surface area contributed by atoms with Crippen LogP contribution in [0.15, 0.2) is 47.4 Å². The molecule has 172 valence electrons. The Kier molecular flexibility index (Phi) is 6.78. The molecule has 2 aliphatic heterocycles. The zero-order valence-corrected chi connectivity index (χ0v) is 19.1. The number of amides is 1. The van der Waals surface area contributed by atoms with Gasteiger partial charge in [-0.2, -0.15) is 0 Å². The van der Waals surface area contributed by atoms with Gasteiger partial charge in [0.15, 0.2) is 0 Å². The molecule has 2 aliphatic rings. The number of carbonyl (C=O) groups excluding carboxylic acids is 1. The minimum atomic E-state index is -3.63. The van der Waals surface area contributed by atoms with Crippen LogP contribution in [0.1, 0.15) is 18.9 Å². The fourth-order valence-electron chi connectivity index (χ4n) is 4.34. The summed E-state index contributed by atoms with van der Waals surface area (Å²) >= 11 is 0. The Labute approximate surface area is 188 Å². The number of rotatable bonds is 7. The summed E-state index contributed by atoms with van der Waals surface area (Å²) in [6, 6.07) is 11.7. The molecule has 0 saturated carbocycles. The van der Waals surface area contributed by atoms with Crippen LogP contribution in [0.3, 0.4) is 0 Å². The Morgan fingerprint density at radius 3 is 2.50 bits per heavy atom. The monoisotopic (exact) mass is 460 g/mol. The largest absolute Gasteiger partial charge is 0.367 e. The molecular weight excluding hydrogens is 431 g/mol. The van der Waals surface area contributed by atoms with Crippen molar-refractivity contribution in [3.05, 3.63) is 53.8 Å². The first kappa shape index (κ1) is 22.7. The molecule has 0 aliphatic carbocycles. The molecule has 0 atom stereocenters. The predicted octanol–water partition coefficient (Wildman–Crippen LogP) is 2.23. The highest BCUT2D eigenvalue weighted by Gasteiger charge is 2.26. The SMILES string of the molecule is CCC(=O)N1CCc2cc(S(=O)(=O)NCCN3CCN(c4ccccc4F)CC3)ccc21. The highest BCUT2D eigenvalue weighted by molar-refractivity contribution is 7.89. The maximum atomic E-state index is 14.0. The fourth-order valence-corrected chi connectivity index (χ4v) is 5.41. The minimum absolute atomic E-state index is 0.0487. The molecule has 32 heavy (non-hydrogen) atoms. The topological polar surface area (TPSA) is 73.0 Å². The van der Waals surface area contributed by atoms with Crippen molar-refractivity contribution in [1.82, 2.24) is 9.62 Å². The van der Waals surface area contributed by atoms with Gasteiger partial charge in [0.05, 0.1) is 10.6 Å². The van der Waals surface area contributed by atoms with Crippen LogP contribution in [-0.2, 0) is 21.2 Å². The normalized spacial score (nSPS) is 16.9. The number of hydrogen-bond acceptors (Lipinski definition) is 5. The summed E-state index contributed by atoms with van der Waals surface area (Å²) in [7, 11) is -3.63. The van der Waals surface area contributed by atoms with Gasteiger partial charge in [-0.3, -0.25) is 9.69 Å². The van der Waals surface area contributed by atoms with Crippen molar-refractivity contribution in [3.63, 3.8) is 0 Å². The van der Waals surface area contributed by atoms with E-state index in [4.69, 9.17) is 0 Å². The molecule has 0 aromatic heterocycles. The van der Waals surface area contributed by atoms with Crippen LogP contribution in [0, 0.1) is 5.82 Å². The number of fused-ring (bicyclic) bond motifs is 1. The first-order valence-electron chi connectivity index (χ1n) is 11.0. The number of para-hydroxylation sites is 1. The van der Waals surface area contributed by atoms with Gasteiger partial charge in [0, 0.05) is 57.9 Å². The zero-order chi connectivity index (χ0) is 22.7. The van der Waals surface area contributed by atoms with Gasteiger partial charge in [0.2, 0.25) is 15.9 Å². The number of nitrogens with one attached hydrogen (secondary N) is 1. The average Bonchev–Trinajstić information content (AvgIpc) is 3.23. The number of halogens is 1. The van der Waals surface area contributed by atoms with E-state index in [9.17, 15) is 17.6 Å². The zero-order valence-electron chi connectivity index (χ0n) is 18.3. The first-order valence-corrected chi connectivity index (χ1v) is 12.5. The van der Waals surface area contributed by atoms with Crippen molar-refractivity contribution in [3.8, 4) is 0 Å². The third-order valence-corrected chi connectivity index (χ3v) is 7.60. The maximum Gasteiger partial charge on any atom is 0.240 e. The Bertz CT molecular complexity index is 1080. The van der Waals surface area contributed by atoms with Crippen LogP contribution in [0.2, 0.25) is 0 Å². The van der Waals surface area contributed by atoms with Crippen molar-refractivity contribution >= 4 is 27.3 Å². The van der Waals surface area contributed by atoms with Crippen molar-refractivity contribution in [2.75, 3.05) is 55.6 Å². The fraction of sp³-hybridized carbons (Fsp3) is 0.435. The van der Waals surface area contributed by atoms with Crippen LogP contribution in [0.4, 0.5) is 15.8 Å². The molecule has 2 aromatic rings. The lowest BCUT2D eigenvalue weighted by atomic mass is 10.2. The van der Waals surface area contributed by atoms with E-state index in [1.54, 1.807) is 35.2 Å². The second-order valence-electron chi connectivity index (χ2n) is 8.12. The molecule has 2 aromatic carbocycles. The lowest BCUT2D eigenvalue weighted by Crippen LogP contribution is -2.48. The maximum absolute atomic E-state index is 14.0. The molecule has 1 N–H and O–H groups in total. The molecule has 1 fully saturated rings. The van der Waals surface area contributed by atoms with Crippen LogP contribution < -0.4 is 14.5 Å². The molecule has 2 heterocycles. The lowest BCUT2D eigenvalue weighted by molar-refractivity contribution is -0.118. The van der Waals surface area contributed by atoms with Gasteiger partial charge in [0.25, 0.3) is 0 Å². The Balaban J connectivity index is 1.29. The quantitative estimate of drug-likeness (QED) is 0.686. The van der Waals surface area contributed by atoms with Crippen molar-refractivity contribution < 1.29 is 17.6 Å². The van der Waals surface area contributed by atoms with Crippen LogP contribution in [0.5, 0.6) is 0 Å². The number of anilines is 2. The van der Waals surface area contributed by atoms with E-state index in [1.165, 1.54) is 6.07 Å². The van der Waals surface area contributed by atoms with E-state index < -0.39 is 10.0 Å². The van der Waals surface area contributed by atoms with Crippen LogP contribution in [0.25, 0.3) is 0 Å². The van der Waals surface area contributed by atoms with E-state index in [2.05, 4.69) is 9.62 Å². The Morgan fingerprint density at radius 2 is 1.78 bits per heavy atom. The summed E-state index contributed by atoms with van der Waals surface area (Å²) in [5, 5.41) is 0. The summed E-state index contributed by atoms with van der Waals surface area (Å²) in [6.45, 7) is 6.21. The summed E-state index contributed by atoms with van der Waals surface area (Å²) in [5.41, 5.74) is 2.31. The number of hydrogen-bond donors (Lipinski definition) is 1. The highest BCUT2D eigenvalue weighted by atomic mass is 32.2. The number of piperazine rings is 1. The summed E-state index contributed by atoms with van der Waals surface area (Å²) in [4.78, 5) is 18.2. The van der Waals surface area contributed by atoms with Crippen molar-refractivity contribution in [1.29, 1.82) is 0 Å². The van der Waals surface area contributed by atoms with Gasteiger partial charge in [-0.1, -0.05) is 19.1 Å². The van der Waals surface area contributed by atoms with Gasteiger partial charge in [0.1, 0.15) is 5.82 Å². The second kappa shape index (κ2) is 9.56. The van der Waals surface area contributed by atoms with Crippen LogP contribution >= 0.6 is 0 Å². The number of sulfonamides is 1. The molecule has 1 amide bonds. The smallest absolute Gasteiger partial charge is 0.240 e. The molecular formula is C23H29FN4O3S. The standard InChI is InChI=1S/C23H29FN4O3S/c1-2-23(29)28-11-9-18-17-19(7-8-21(18)28)32(30,31)25-10-12-26-13-15-27(16-14-26)22-6-4-3-5-20(22)24/h3-8,17,25H,2,9-16H2,1H3. The third-order valence-electron chi connectivity index (χ3n) is 6.15. The highest BCUT2D eigenvalue weighted by Crippen LogP contribution is 2.30. The van der Waals surface area contributed by atoms with E-state index in [0.29, 0.717) is 51.3 Å². The van der Waals surface area contributed by atoms with E-state index >= 15 is 0 Å². The van der Waals surface area contributed by atoms with E-state index in [-0.39, 0.29) is 16.6 Å². The Morgan fingerprint density at radius 1 is 1.03 bits per heavy atom. The Hall–Kier alpha value is -2.49. The summed E-state index contributed by atoms with van der Waals surface area (Å²) in [5.74, 6) is -0.169. The minimum Gasteiger partial charge on any atom is -0.367 e. The van der Waals surface area contributed by atoms with Gasteiger partial charge >= 0.3 is 0 Å². The van der Waals surface area contributed by atoms with Crippen LogP contribution in [-0.4, -0.2) is 65.0 Å². The third kappa shape index (κ3) is 4.79. The molecule has 0 bridgehead atoms. The van der Waals surface area contributed by atoms with E-state index in [0.717, 1.165) is 24.3 Å². The number of nitrogens with zero attached hydrogens (tertiary/aromatic N) is 3. The molecule has 0 spiro atoms. The van der Waals surface area contributed by atoms with Gasteiger partial charge in [-0.25, -0.2) is 17.5 Å².